The Morgan fingerprint density at radius 1 is 1.65 bits per heavy atom. The molecule has 9 heteroatoms. The summed E-state index contributed by atoms with van der Waals surface area (Å²) in [5.41, 5.74) is 0. The van der Waals surface area contributed by atoms with Gasteiger partial charge in [-0.15, -0.1) is 3.89 Å². The number of carboxylic acid groups (broad SMARTS) is 1. The highest BCUT2D eigenvalue weighted by Crippen LogP contribution is 2.22. The van der Waals surface area contributed by atoms with E-state index in [1.807, 2.05) is 0 Å². The van der Waals surface area contributed by atoms with Crippen molar-refractivity contribution in [3.63, 3.8) is 0 Å². The number of nitrogens with zero attached hydrogens (tertiary/aromatic N) is 1. The van der Waals surface area contributed by atoms with Crippen LogP contribution in [0.25, 0.3) is 0 Å². The van der Waals surface area contributed by atoms with E-state index in [0.29, 0.717) is 0 Å². The number of carbonyl (C=O) groups is 2. The highest BCUT2D eigenvalue weighted by atomic mass is 32.3. The summed E-state index contributed by atoms with van der Waals surface area (Å²) in [5.74, 6) is -3.22. The second kappa shape index (κ2) is 5.21. The van der Waals surface area contributed by atoms with Crippen molar-refractivity contribution in [3.8, 4) is 0 Å². The number of likely N-dealkylation sites (tertiary alicyclic amines) is 1. The summed E-state index contributed by atoms with van der Waals surface area (Å²) in [6.07, 6.45) is -0.152. The minimum atomic E-state index is -4.65. The molecule has 0 saturated carbocycles. The Bertz CT molecular complexity index is 424. The van der Waals surface area contributed by atoms with Gasteiger partial charge in [-0.1, -0.05) is 0 Å². The number of hydrogen-bond acceptors (Lipinski definition) is 5. The molecule has 0 spiro atoms. The molecule has 6 nitrogen and oxygen atoms in total. The van der Waals surface area contributed by atoms with Crippen LogP contribution in [0.1, 0.15) is 6.42 Å². The predicted molar refractivity (Wildman–Crippen MR) is 60.0 cm³/mol. The lowest BCUT2D eigenvalue weighted by Gasteiger charge is -2.22. The van der Waals surface area contributed by atoms with Crippen molar-refractivity contribution < 1.29 is 27.0 Å². The summed E-state index contributed by atoms with van der Waals surface area (Å²) in [6.45, 7) is -0.0699. The zero-order chi connectivity index (χ0) is 13.2. The van der Waals surface area contributed by atoms with E-state index in [4.69, 9.17) is 5.11 Å². The number of carbonyl (C=O) groups excluding carboxylic acids is 1. The van der Waals surface area contributed by atoms with Crippen molar-refractivity contribution in [3.05, 3.63) is 0 Å². The van der Waals surface area contributed by atoms with Crippen LogP contribution in [0.15, 0.2) is 0 Å². The van der Waals surface area contributed by atoms with E-state index in [0.717, 1.165) is 4.90 Å². The van der Waals surface area contributed by atoms with Gasteiger partial charge in [-0.25, -0.2) is 4.79 Å². The molecule has 0 bridgehead atoms. The van der Waals surface area contributed by atoms with Crippen LogP contribution in [-0.2, 0) is 19.8 Å². The van der Waals surface area contributed by atoms with E-state index in [9.17, 15) is 21.9 Å². The molecule has 0 radical (unpaired) electrons. The highest BCUT2D eigenvalue weighted by molar-refractivity contribution is 7.86. The minimum absolute atomic E-state index is 0.0699. The lowest BCUT2D eigenvalue weighted by Crippen LogP contribution is -2.43. The molecule has 1 amide bonds. The fourth-order valence-electron chi connectivity index (χ4n) is 1.81. The number of rotatable bonds is 5. The molecule has 17 heavy (non-hydrogen) atoms. The molecular weight excluding hydrogens is 273 g/mol. The molecule has 1 saturated heterocycles. The van der Waals surface area contributed by atoms with Crippen LogP contribution < -0.4 is 0 Å². The third kappa shape index (κ3) is 3.84. The smallest absolute Gasteiger partial charge is 0.327 e. The molecule has 0 aliphatic carbocycles. The van der Waals surface area contributed by atoms with E-state index in [-0.39, 0.29) is 18.7 Å². The van der Waals surface area contributed by atoms with Crippen molar-refractivity contribution in [2.75, 3.05) is 18.1 Å². The zero-order valence-electron chi connectivity index (χ0n) is 8.74. The first-order chi connectivity index (χ1) is 7.74. The second-order valence-corrected chi connectivity index (χ2v) is 5.63. The maximum Gasteiger partial charge on any atom is 0.327 e. The van der Waals surface area contributed by atoms with Crippen LogP contribution in [0.2, 0.25) is 0 Å². The van der Waals surface area contributed by atoms with Gasteiger partial charge in [0.1, 0.15) is 6.04 Å². The van der Waals surface area contributed by atoms with Crippen molar-refractivity contribution >= 4 is 34.7 Å². The monoisotopic (exact) mass is 285 g/mol. The van der Waals surface area contributed by atoms with E-state index < -0.39 is 39.8 Å². The van der Waals surface area contributed by atoms with Crippen LogP contribution in [0.3, 0.4) is 0 Å². The Balaban J connectivity index is 2.73. The normalized spacial score (nSPS) is 22.8. The standard InChI is InChI=1S/C8H12FNO5S2/c9-17(14,15)4-5-1-7(11)10(2-5)6(3-16)8(12)13/h5-6,16H,1-4H2,(H,12,13)/t5?,6-/m0/s1. The fraction of sp³-hybridized carbons (Fsp3) is 0.750. The Kier molecular flexibility index (Phi) is 4.36. The summed E-state index contributed by atoms with van der Waals surface area (Å²) in [4.78, 5) is 23.3. The average Bonchev–Trinajstić information content (AvgIpc) is 2.44. The van der Waals surface area contributed by atoms with Gasteiger partial charge < -0.3 is 10.0 Å². The van der Waals surface area contributed by atoms with Crippen LogP contribution >= 0.6 is 12.6 Å². The molecule has 1 heterocycles. The largest absolute Gasteiger partial charge is 0.480 e. The summed E-state index contributed by atoms with van der Waals surface area (Å²) < 4.78 is 33.3. The third-order valence-electron chi connectivity index (χ3n) is 2.51. The number of thiol groups is 1. The lowest BCUT2D eigenvalue weighted by molar-refractivity contribution is -0.147. The maximum atomic E-state index is 12.4. The minimum Gasteiger partial charge on any atom is -0.480 e. The van der Waals surface area contributed by atoms with Gasteiger partial charge in [0.15, 0.2) is 0 Å². The van der Waals surface area contributed by atoms with E-state index in [1.54, 1.807) is 0 Å². The average molecular weight is 285 g/mol. The van der Waals surface area contributed by atoms with E-state index >= 15 is 0 Å². The van der Waals surface area contributed by atoms with Crippen molar-refractivity contribution in [2.24, 2.45) is 5.92 Å². The first-order valence-electron chi connectivity index (χ1n) is 4.80. The van der Waals surface area contributed by atoms with Gasteiger partial charge in [-0.3, -0.25) is 4.79 Å². The Hall–Kier alpha value is -0.830. The first-order valence-corrected chi connectivity index (χ1v) is 6.98. The predicted octanol–water partition coefficient (Wildman–Crippen LogP) is -0.483. The fourth-order valence-corrected chi connectivity index (χ4v) is 2.95. The third-order valence-corrected chi connectivity index (χ3v) is 3.72. The molecule has 2 atom stereocenters. The Morgan fingerprint density at radius 3 is 2.65 bits per heavy atom. The Labute approximate surface area is 103 Å². The number of aliphatic carboxylic acids is 1. The molecule has 0 aromatic heterocycles. The molecule has 1 aliphatic rings. The summed E-state index contributed by atoms with van der Waals surface area (Å²) in [6, 6.07) is -1.10. The lowest BCUT2D eigenvalue weighted by atomic mass is 10.1. The van der Waals surface area contributed by atoms with Gasteiger partial charge >= 0.3 is 16.2 Å². The van der Waals surface area contributed by atoms with Crippen molar-refractivity contribution in [2.45, 2.75) is 12.5 Å². The number of carboxylic acids is 1. The second-order valence-electron chi connectivity index (χ2n) is 3.86. The van der Waals surface area contributed by atoms with Gasteiger partial charge in [-0.05, 0) is 0 Å². The van der Waals surface area contributed by atoms with Gasteiger partial charge in [0.25, 0.3) is 0 Å². The van der Waals surface area contributed by atoms with Gasteiger partial charge in [0.2, 0.25) is 5.91 Å². The van der Waals surface area contributed by atoms with Gasteiger partial charge in [0, 0.05) is 24.6 Å². The SMILES string of the molecule is O=C(O)[C@H](CS)N1CC(CS(=O)(=O)F)CC1=O. The first kappa shape index (κ1) is 14.2. The molecule has 1 unspecified atom stereocenters. The quantitative estimate of drug-likeness (QED) is 0.526. The van der Waals surface area contributed by atoms with Gasteiger partial charge in [0.05, 0.1) is 5.75 Å². The number of halogens is 1. The molecule has 98 valence electrons. The van der Waals surface area contributed by atoms with Gasteiger partial charge in [-0.2, -0.15) is 21.0 Å². The molecular formula is C8H12FNO5S2. The molecule has 1 N–H and O–H groups in total. The molecule has 1 rings (SSSR count). The summed E-state index contributed by atoms with van der Waals surface area (Å²) in [5, 5.41) is 8.84. The molecule has 1 fully saturated rings. The van der Waals surface area contributed by atoms with Crippen molar-refractivity contribution in [1.82, 2.24) is 4.90 Å². The van der Waals surface area contributed by atoms with E-state index in [1.165, 1.54) is 0 Å². The summed E-state index contributed by atoms with van der Waals surface area (Å²) in [7, 11) is -4.65. The van der Waals surface area contributed by atoms with E-state index in [2.05, 4.69) is 12.6 Å². The molecule has 1 aliphatic heterocycles. The van der Waals surface area contributed by atoms with Crippen molar-refractivity contribution in [1.29, 1.82) is 0 Å². The van der Waals surface area contributed by atoms with Crippen LogP contribution in [0, 0.1) is 5.92 Å². The highest BCUT2D eigenvalue weighted by Gasteiger charge is 2.38. The topological polar surface area (TPSA) is 91.8 Å². The van der Waals surface area contributed by atoms with Crippen LogP contribution in [0.4, 0.5) is 3.89 Å². The molecule has 0 aromatic rings. The maximum absolute atomic E-state index is 12.4. The summed E-state index contributed by atoms with van der Waals surface area (Å²) >= 11 is 3.82. The van der Waals surface area contributed by atoms with Crippen LogP contribution in [0.5, 0.6) is 0 Å². The number of amides is 1. The van der Waals surface area contributed by atoms with Crippen LogP contribution in [-0.4, -0.2) is 54.4 Å². The Morgan fingerprint density at radius 2 is 2.24 bits per heavy atom. The zero-order valence-corrected chi connectivity index (χ0v) is 10.5. The number of hydrogen-bond donors (Lipinski definition) is 2. The molecule has 0 aromatic carbocycles.